The zero-order chi connectivity index (χ0) is 16.4. The molecule has 3 aromatic carbocycles. The van der Waals surface area contributed by atoms with Crippen LogP contribution in [-0.4, -0.2) is 0 Å². The van der Waals surface area contributed by atoms with Crippen LogP contribution in [0.5, 0.6) is 0 Å². The van der Waals surface area contributed by atoms with Crippen LogP contribution in [0.2, 0.25) is 0 Å². The third-order valence-electron chi connectivity index (χ3n) is 4.45. The lowest BCUT2D eigenvalue weighted by atomic mass is 9.99. The van der Waals surface area contributed by atoms with Crippen molar-refractivity contribution < 1.29 is 4.57 Å². The molecule has 0 aliphatic carbocycles. The second kappa shape index (κ2) is 6.29. The summed E-state index contributed by atoms with van der Waals surface area (Å²) >= 11 is 0. The Hall–Kier alpha value is -2.93. The Morgan fingerprint density at radius 1 is 0.750 bits per heavy atom. The van der Waals surface area contributed by atoms with E-state index in [9.17, 15) is 0 Å². The van der Waals surface area contributed by atoms with E-state index in [1.165, 1.54) is 33.2 Å². The number of pyridine rings is 1. The van der Waals surface area contributed by atoms with Crippen molar-refractivity contribution in [1.82, 2.24) is 0 Å². The van der Waals surface area contributed by atoms with E-state index in [0.717, 1.165) is 6.54 Å². The maximum atomic E-state index is 2.33. The predicted octanol–water partition coefficient (Wildman–Crippen LogP) is 5.15. The maximum Gasteiger partial charge on any atom is 0.213 e. The highest BCUT2D eigenvalue weighted by Gasteiger charge is 2.14. The minimum Gasteiger partial charge on any atom is -0.194 e. The fourth-order valence-electron chi connectivity index (χ4n) is 3.24. The summed E-state index contributed by atoms with van der Waals surface area (Å²) in [5.74, 6) is 0. The van der Waals surface area contributed by atoms with E-state index < -0.39 is 0 Å². The fourth-order valence-corrected chi connectivity index (χ4v) is 3.24. The smallest absolute Gasteiger partial charge is 0.194 e. The monoisotopic (exact) mass is 310 g/mol. The molecule has 116 valence electrons. The quantitative estimate of drug-likeness (QED) is 0.461. The van der Waals surface area contributed by atoms with Crippen LogP contribution in [0, 0.1) is 6.92 Å². The van der Waals surface area contributed by atoms with Gasteiger partial charge in [0.15, 0.2) is 12.7 Å². The van der Waals surface area contributed by atoms with E-state index in [1.807, 2.05) is 0 Å². The highest BCUT2D eigenvalue weighted by molar-refractivity contribution is 5.93. The Balaban J connectivity index is 1.89. The standard InChI is InChI=1S/C23H20N/c1-18-12-13-23-22(16-18)21(20-10-6-3-7-11-20)14-15-24(23)17-19-8-4-2-5-9-19/h2-16H,17H2,1H3/q+1. The first kappa shape index (κ1) is 14.6. The van der Waals surface area contributed by atoms with Gasteiger partial charge in [-0.15, -0.1) is 0 Å². The molecule has 0 fully saturated rings. The van der Waals surface area contributed by atoms with Crippen LogP contribution in [0.1, 0.15) is 11.1 Å². The Morgan fingerprint density at radius 3 is 2.21 bits per heavy atom. The van der Waals surface area contributed by atoms with Crippen LogP contribution < -0.4 is 4.57 Å². The van der Waals surface area contributed by atoms with E-state index in [0.29, 0.717) is 0 Å². The van der Waals surface area contributed by atoms with E-state index >= 15 is 0 Å². The molecule has 0 atom stereocenters. The lowest BCUT2D eigenvalue weighted by molar-refractivity contribution is -0.662. The maximum absolute atomic E-state index is 2.33. The first-order valence-electron chi connectivity index (χ1n) is 8.33. The average molecular weight is 310 g/mol. The van der Waals surface area contributed by atoms with E-state index in [2.05, 4.69) is 103 Å². The molecule has 0 unspecified atom stereocenters. The molecule has 24 heavy (non-hydrogen) atoms. The van der Waals surface area contributed by atoms with Crippen molar-refractivity contribution in [3.63, 3.8) is 0 Å². The van der Waals surface area contributed by atoms with Gasteiger partial charge in [-0.05, 0) is 18.6 Å². The molecule has 0 bridgehead atoms. The lowest BCUT2D eigenvalue weighted by Crippen LogP contribution is -2.34. The van der Waals surface area contributed by atoms with Crippen molar-refractivity contribution in [2.24, 2.45) is 0 Å². The van der Waals surface area contributed by atoms with E-state index in [1.54, 1.807) is 0 Å². The number of hydrogen-bond acceptors (Lipinski definition) is 0. The van der Waals surface area contributed by atoms with Crippen molar-refractivity contribution in [3.05, 3.63) is 102 Å². The van der Waals surface area contributed by atoms with Crippen LogP contribution in [0.3, 0.4) is 0 Å². The van der Waals surface area contributed by atoms with Gasteiger partial charge in [-0.2, -0.15) is 4.57 Å². The van der Waals surface area contributed by atoms with Gasteiger partial charge >= 0.3 is 0 Å². The highest BCUT2D eigenvalue weighted by Crippen LogP contribution is 2.27. The minimum atomic E-state index is 0.884. The molecule has 0 saturated carbocycles. The van der Waals surface area contributed by atoms with Crippen molar-refractivity contribution in [3.8, 4) is 11.1 Å². The largest absolute Gasteiger partial charge is 0.213 e. The average Bonchev–Trinajstić information content (AvgIpc) is 2.63. The molecule has 0 N–H and O–H groups in total. The number of fused-ring (bicyclic) bond motifs is 1. The molecule has 1 nitrogen and oxygen atoms in total. The summed E-state index contributed by atoms with van der Waals surface area (Å²) in [6.45, 7) is 3.04. The second-order valence-corrected chi connectivity index (χ2v) is 6.23. The van der Waals surface area contributed by atoms with Crippen LogP contribution in [0.15, 0.2) is 91.1 Å². The van der Waals surface area contributed by atoms with Crippen molar-refractivity contribution in [1.29, 1.82) is 0 Å². The number of benzene rings is 3. The molecule has 0 aliphatic rings. The van der Waals surface area contributed by atoms with Gasteiger partial charge in [0, 0.05) is 23.3 Å². The summed E-state index contributed by atoms with van der Waals surface area (Å²) in [6.07, 6.45) is 2.20. The lowest BCUT2D eigenvalue weighted by Gasteiger charge is -2.08. The molecule has 0 radical (unpaired) electrons. The number of rotatable bonds is 3. The summed E-state index contributed by atoms with van der Waals surface area (Å²) in [6, 6.07) is 30.2. The van der Waals surface area contributed by atoms with Crippen molar-refractivity contribution in [2.45, 2.75) is 13.5 Å². The molecular formula is C23H20N+. The number of hydrogen-bond donors (Lipinski definition) is 0. The van der Waals surface area contributed by atoms with Crippen LogP contribution in [0.25, 0.3) is 22.0 Å². The van der Waals surface area contributed by atoms with E-state index in [4.69, 9.17) is 0 Å². The first-order valence-corrected chi connectivity index (χ1v) is 8.33. The molecule has 1 aromatic heterocycles. The summed E-state index contributed by atoms with van der Waals surface area (Å²) in [4.78, 5) is 0. The molecule has 4 aromatic rings. The van der Waals surface area contributed by atoms with Crippen LogP contribution in [-0.2, 0) is 6.54 Å². The third-order valence-corrected chi connectivity index (χ3v) is 4.45. The highest BCUT2D eigenvalue weighted by atomic mass is 14.9. The Morgan fingerprint density at radius 2 is 1.46 bits per heavy atom. The van der Waals surface area contributed by atoms with Crippen LogP contribution >= 0.6 is 0 Å². The number of aryl methyl sites for hydroxylation is 1. The zero-order valence-electron chi connectivity index (χ0n) is 13.8. The summed E-state index contributed by atoms with van der Waals surface area (Å²) in [7, 11) is 0. The minimum absolute atomic E-state index is 0.884. The van der Waals surface area contributed by atoms with Gasteiger partial charge in [0.1, 0.15) is 0 Å². The van der Waals surface area contributed by atoms with Gasteiger partial charge in [-0.3, -0.25) is 0 Å². The topological polar surface area (TPSA) is 3.88 Å². The molecule has 0 saturated heterocycles. The van der Waals surface area contributed by atoms with E-state index in [-0.39, 0.29) is 0 Å². The Kier molecular flexibility index (Phi) is 3.84. The number of aromatic nitrogens is 1. The molecule has 0 spiro atoms. The van der Waals surface area contributed by atoms with Gasteiger partial charge in [0.25, 0.3) is 0 Å². The van der Waals surface area contributed by atoms with Crippen molar-refractivity contribution >= 4 is 10.9 Å². The normalized spacial score (nSPS) is 10.9. The van der Waals surface area contributed by atoms with Crippen molar-refractivity contribution in [2.75, 3.05) is 0 Å². The Labute approximate surface area is 142 Å². The summed E-state index contributed by atoms with van der Waals surface area (Å²) in [5, 5.41) is 1.31. The Bertz CT molecular complexity index is 973. The molecule has 0 aliphatic heterocycles. The molecule has 1 heteroatoms. The summed E-state index contributed by atoms with van der Waals surface area (Å²) < 4.78 is 2.33. The van der Waals surface area contributed by atoms with Gasteiger partial charge in [0.05, 0.1) is 5.39 Å². The van der Waals surface area contributed by atoms with Gasteiger partial charge in [-0.1, -0.05) is 72.3 Å². The molecule has 1 heterocycles. The molecular weight excluding hydrogens is 290 g/mol. The summed E-state index contributed by atoms with van der Waals surface area (Å²) in [5.41, 5.74) is 6.43. The van der Waals surface area contributed by atoms with Crippen LogP contribution in [0.4, 0.5) is 0 Å². The third kappa shape index (κ3) is 2.81. The zero-order valence-corrected chi connectivity index (χ0v) is 13.8. The fraction of sp³-hybridized carbons (Fsp3) is 0.0870. The predicted molar refractivity (Wildman–Crippen MR) is 99.9 cm³/mol. The van der Waals surface area contributed by atoms with Gasteiger partial charge in [0.2, 0.25) is 5.52 Å². The second-order valence-electron chi connectivity index (χ2n) is 6.23. The molecule has 4 rings (SSSR count). The SMILES string of the molecule is Cc1ccc2c(c1)c(-c1ccccc1)cc[n+]2Cc1ccccc1. The van der Waals surface area contributed by atoms with Gasteiger partial charge in [-0.25, -0.2) is 0 Å². The van der Waals surface area contributed by atoms with Gasteiger partial charge < -0.3 is 0 Å². The first-order chi connectivity index (χ1) is 11.8. The number of nitrogens with zero attached hydrogens (tertiary/aromatic N) is 1. The molecule has 0 amide bonds.